The molecule has 3 atom stereocenters. The number of carbonyl (C=O) groups is 1. The third kappa shape index (κ3) is 3.96. The summed E-state index contributed by atoms with van der Waals surface area (Å²) < 4.78 is 7.08. The molecule has 0 spiro atoms. The maximum atomic E-state index is 13.1. The Morgan fingerprint density at radius 3 is 2.09 bits per heavy atom. The van der Waals surface area contributed by atoms with Gasteiger partial charge in [0.2, 0.25) is 5.91 Å². The van der Waals surface area contributed by atoms with E-state index in [1.54, 1.807) is 0 Å². The highest BCUT2D eigenvalue weighted by atomic mass is 28.4. The summed E-state index contributed by atoms with van der Waals surface area (Å²) in [5.74, 6) is -0.0346. The van der Waals surface area contributed by atoms with E-state index in [1.807, 2.05) is 17.0 Å². The molecule has 32 heavy (non-hydrogen) atoms. The fourth-order valence-corrected chi connectivity index (χ4v) is 10.2. The molecule has 168 valence electrons. The lowest BCUT2D eigenvalue weighted by molar-refractivity contribution is -0.139. The van der Waals surface area contributed by atoms with Gasteiger partial charge in [0, 0.05) is 11.0 Å². The molecular weight excluding hydrogens is 416 g/mol. The summed E-state index contributed by atoms with van der Waals surface area (Å²) >= 11 is 0. The van der Waals surface area contributed by atoms with Crippen LogP contribution in [0.1, 0.15) is 46.5 Å². The first-order valence-corrected chi connectivity index (χ1v) is 13.4. The zero-order valence-electron chi connectivity index (χ0n) is 19.1. The van der Waals surface area contributed by atoms with Gasteiger partial charge in [0.15, 0.2) is 0 Å². The fraction of sp³-hybridized carbons (Fsp3) is 0.480. The Kier molecular flexibility index (Phi) is 6.42. The molecule has 2 fully saturated rings. The van der Waals surface area contributed by atoms with Crippen LogP contribution in [0, 0.1) is 0 Å². The third-order valence-corrected chi connectivity index (χ3v) is 12.0. The van der Waals surface area contributed by atoms with E-state index in [4.69, 9.17) is 9.96 Å². The van der Waals surface area contributed by atoms with Gasteiger partial charge < -0.3 is 9.33 Å². The van der Waals surface area contributed by atoms with E-state index in [0.717, 1.165) is 19.3 Å². The second-order valence-corrected chi connectivity index (χ2v) is 14.2. The van der Waals surface area contributed by atoms with Gasteiger partial charge in [0.1, 0.15) is 6.04 Å². The molecule has 0 bridgehead atoms. The number of azide groups is 1. The highest BCUT2D eigenvalue weighted by Gasteiger charge is 2.51. The minimum Gasteiger partial charge on any atom is -0.405 e. The SMILES string of the molecule is CC(C)(C)[Si](OC[C@@H]1CC[C@H]2CC[C@H](N=[N+]=[N-])C(=O)N21)(c1ccccc1)c1ccccc1. The maximum Gasteiger partial charge on any atom is 0.261 e. The van der Waals surface area contributed by atoms with Gasteiger partial charge in [-0.3, -0.25) is 4.79 Å². The molecule has 1 amide bonds. The number of benzene rings is 2. The van der Waals surface area contributed by atoms with Crippen LogP contribution in [0.25, 0.3) is 10.4 Å². The van der Waals surface area contributed by atoms with Gasteiger partial charge in [-0.25, -0.2) is 0 Å². The zero-order chi connectivity index (χ0) is 22.8. The van der Waals surface area contributed by atoms with Crippen molar-refractivity contribution in [3.8, 4) is 0 Å². The van der Waals surface area contributed by atoms with Gasteiger partial charge in [0.05, 0.1) is 12.6 Å². The van der Waals surface area contributed by atoms with Crippen molar-refractivity contribution in [2.45, 2.75) is 69.6 Å². The monoisotopic (exact) mass is 448 g/mol. The van der Waals surface area contributed by atoms with Crippen molar-refractivity contribution in [2.75, 3.05) is 6.61 Å². The smallest absolute Gasteiger partial charge is 0.261 e. The van der Waals surface area contributed by atoms with Crippen molar-refractivity contribution in [1.82, 2.24) is 4.90 Å². The summed E-state index contributed by atoms with van der Waals surface area (Å²) in [6.07, 6.45) is 3.46. The van der Waals surface area contributed by atoms with Crippen molar-refractivity contribution < 1.29 is 9.22 Å². The first-order chi connectivity index (χ1) is 15.4. The Morgan fingerprint density at radius 2 is 1.56 bits per heavy atom. The maximum absolute atomic E-state index is 13.1. The number of hydrogen-bond acceptors (Lipinski definition) is 3. The molecule has 2 saturated heterocycles. The molecule has 4 rings (SSSR count). The number of rotatable bonds is 6. The topological polar surface area (TPSA) is 78.3 Å². The molecule has 7 heteroatoms. The van der Waals surface area contributed by atoms with Gasteiger partial charge in [0.25, 0.3) is 8.32 Å². The summed E-state index contributed by atoms with van der Waals surface area (Å²) in [7, 11) is -2.65. The fourth-order valence-electron chi connectivity index (χ4n) is 5.57. The van der Waals surface area contributed by atoms with Crippen LogP contribution < -0.4 is 10.4 Å². The van der Waals surface area contributed by atoms with E-state index < -0.39 is 14.4 Å². The van der Waals surface area contributed by atoms with Gasteiger partial charge in [-0.05, 0) is 46.6 Å². The van der Waals surface area contributed by atoms with Crippen molar-refractivity contribution in [3.63, 3.8) is 0 Å². The Morgan fingerprint density at radius 1 is 1.00 bits per heavy atom. The van der Waals surface area contributed by atoms with Crippen LogP contribution in [0.2, 0.25) is 5.04 Å². The average Bonchev–Trinajstić information content (AvgIpc) is 3.21. The molecule has 2 heterocycles. The molecule has 6 nitrogen and oxygen atoms in total. The van der Waals surface area contributed by atoms with E-state index in [9.17, 15) is 4.79 Å². The van der Waals surface area contributed by atoms with E-state index in [0.29, 0.717) is 13.0 Å². The molecule has 0 aliphatic carbocycles. The average molecular weight is 449 g/mol. The lowest BCUT2D eigenvalue weighted by Crippen LogP contribution is -2.67. The van der Waals surface area contributed by atoms with Crippen molar-refractivity contribution in [1.29, 1.82) is 0 Å². The lowest BCUT2D eigenvalue weighted by Gasteiger charge is -2.44. The van der Waals surface area contributed by atoms with Crippen molar-refractivity contribution in [2.24, 2.45) is 5.11 Å². The van der Waals surface area contributed by atoms with Gasteiger partial charge in [-0.2, -0.15) is 0 Å². The number of amides is 1. The summed E-state index contributed by atoms with van der Waals surface area (Å²) in [6, 6.07) is 20.8. The molecule has 2 aromatic carbocycles. The molecule has 0 radical (unpaired) electrons. The minimum absolute atomic E-state index is 0.0193. The normalized spacial score (nSPS) is 23.5. The van der Waals surface area contributed by atoms with Gasteiger partial charge in [-0.15, -0.1) is 0 Å². The molecule has 0 N–H and O–H groups in total. The van der Waals surface area contributed by atoms with Crippen LogP contribution in [0.4, 0.5) is 0 Å². The zero-order valence-corrected chi connectivity index (χ0v) is 20.1. The van der Waals surface area contributed by atoms with Crippen LogP contribution in [0.3, 0.4) is 0 Å². The first kappa shape index (κ1) is 22.6. The standard InChI is InChI=1S/C25H32N4O2Si/c1-25(2,3)32(21-10-6-4-7-11-21,22-12-8-5-9-13-22)31-18-20-15-14-19-16-17-23(27-28-26)24(30)29(19)20/h4-13,19-20,23H,14-18H2,1-3H3/t19-,20-,23-/m0/s1. The van der Waals surface area contributed by atoms with Crippen molar-refractivity contribution in [3.05, 3.63) is 71.1 Å². The number of fused-ring (bicyclic) bond motifs is 1. The second-order valence-electron chi connectivity index (χ2n) is 9.90. The summed E-state index contributed by atoms with van der Waals surface area (Å²) in [5.41, 5.74) is 8.86. The number of piperidine rings is 1. The molecule has 0 saturated carbocycles. The summed E-state index contributed by atoms with van der Waals surface area (Å²) in [4.78, 5) is 18.0. The predicted octanol–water partition coefficient (Wildman–Crippen LogP) is 4.40. The Balaban J connectivity index is 1.68. The van der Waals surface area contributed by atoms with Crippen LogP contribution in [-0.2, 0) is 9.22 Å². The summed E-state index contributed by atoms with van der Waals surface area (Å²) in [6.45, 7) is 7.29. The van der Waals surface area contributed by atoms with Crippen LogP contribution >= 0.6 is 0 Å². The lowest BCUT2D eigenvalue weighted by atomic mass is 9.99. The van der Waals surface area contributed by atoms with Crippen LogP contribution in [-0.4, -0.2) is 43.9 Å². The number of carbonyl (C=O) groups excluding carboxylic acids is 1. The molecule has 0 aromatic heterocycles. The minimum atomic E-state index is -2.65. The molecule has 2 aromatic rings. The molecular formula is C25H32N4O2Si. The molecule has 2 aliphatic rings. The number of hydrogen-bond donors (Lipinski definition) is 0. The largest absolute Gasteiger partial charge is 0.405 e. The van der Waals surface area contributed by atoms with Crippen LogP contribution in [0.15, 0.2) is 65.8 Å². The second kappa shape index (κ2) is 9.10. The Bertz CT molecular complexity index is 947. The summed E-state index contributed by atoms with van der Waals surface area (Å²) in [5, 5.41) is 6.14. The van der Waals surface area contributed by atoms with Crippen molar-refractivity contribution >= 4 is 24.6 Å². The van der Waals surface area contributed by atoms with E-state index in [2.05, 4.69) is 79.3 Å². The quantitative estimate of drug-likeness (QED) is 0.284. The van der Waals surface area contributed by atoms with E-state index in [1.165, 1.54) is 10.4 Å². The predicted molar refractivity (Wildman–Crippen MR) is 129 cm³/mol. The highest BCUT2D eigenvalue weighted by molar-refractivity contribution is 6.99. The van der Waals surface area contributed by atoms with Crippen LogP contribution in [0.5, 0.6) is 0 Å². The molecule has 0 unspecified atom stereocenters. The van der Waals surface area contributed by atoms with E-state index in [-0.39, 0.29) is 23.0 Å². The number of nitrogens with zero attached hydrogens (tertiary/aromatic N) is 4. The van der Waals surface area contributed by atoms with Gasteiger partial charge in [-0.1, -0.05) is 86.5 Å². The van der Waals surface area contributed by atoms with E-state index >= 15 is 0 Å². The Hall–Kier alpha value is -2.60. The first-order valence-electron chi connectivity index (χ1n) is 11.5. The Labute approximate surface area is 191 Å². The highest BCUT2D eigenvalue weighted by Crippen LogP contribution is 2.39. The molecule has 2 aliphatic heterocycles. The van der Waals surface area contributed by atoms with Gasteiger partial charge >= 0.3 is 0 Å². The third-order valence-electron chi connectivity index (χ3n) is 7.03.